The molecule has 0 N–H and O–H groups in total. The predicted octanol–water partition coefficient (Wildman–Crippen LogP) is 0.473. The molecule has 0 saturated carbocycles. The Hall–Kier alpha value is -0.710. The van der Waals surface area contributed by atoms with Crippen LogP contribution in [0.15, 0.2) is 10.3 Å². The lowest BCUT2D eigenvalue weighted by atomic mass is 10.7. The van der Waals surface area contributed by atoms with Crippen molar-refractivity contribution in [3.63, 3.8) is 0 Å². The molecular weight excluding hydrogens is 114 g/mol. The summed E-state index contributed by atoms with van der Waals surface area (Å²) in [6.45, 7) is 0.148. The third-order valence-corrected chi connectivity index (χ3v) is 0.737. The van der Waals surface area contributed by atoms with Crippen molar-refractivity contribution >= 4 is 17.2 Å². The van der Waals surface area contributed by atoms with Crippen molar-refractivity contribution in [2.45, 2.75) is 0 Å². The maximum absolute atomic E-state index is 10.0. The normalized spacial score (nSPS) is 18.9. The summed E-state index contributed by atoms with van der Waals surface area (Å²) >= 11 is 4.49. The molecule has 1 aliphatic heterocycles. The summed E-state index contributed by atoms with van der Waals surface area (Å²) in [6, 6.07) is 0. The molecule has 1 rings (SSSR count). The lowest BCUT2D eigenvalue weighted by Crippen LogP contribution is -1.99. The van der Waals surface area contributed by atoms with Crippen LogP contribution in [-0.4, -0.2) is 16.4 Å². The minimum Gasteiger partial charge on any atom is -0.0408 e. The number of hydrogen-bond acceptors (Lipinski definition) is 2. The molecule has 0 aromatic rings. The van der Waals surface area contributed by atoms with Crippen molar-refractivity contribution in [2.24, 2.45) is 10.3 Å². The molecule has 0 bridgehead atoms. The SMILES string of the molecule is O=[N+]1CC(=S)N=N1. The van der Waals surface area contributed by atoms with Crippen molar-refractivity contribution < 1.29 is 4.87 Å². The molecule has 0 spiro atoms. The maximum Gasteiger partial charge on any atom is 0.291 e. The van der Waals surface area contributed by atoms with Gasteiger partial charge in [-0.25, -0.2) is 0 Å². The molecule has 1 heterocycles. The number of hydrogen-bond donors (Lipinski definition) is 0. The van der Waals surface area contributed by atoms with Gasteiger partial charge in [0, 0.05) is 0 Å². The van der Waals surface area contributed by atoms with Crippen LogP contribution in [0.1, 0.15) is 0 Å². The number of nitrogens with zero attached hydrogens (tertiary/aromatic N) is 3. The highest BCUT2D eigenvalue weighted by Gasteiger charge is 2.19. The first-order valence-corrected chi connectivity index (χ1v) is 2.09. The smallest absolute Gasteiger partial charge is 0.0408 e. The van der Waals surface area contributed by atoms with Gasteiger partial charge < -0.3 is 0 Å². The lowest BCUT2D eigenvalue weighted by molar-refractivity contribution is -0.538. The third-order valence-electron chi connectivity index (χ3n) is 0.527. The first-order chi connectivity index (χ1) is 3.29. The van der Waals surface area contributed by atoms with Gasteiger partial charge >= 0.3 is 0 Å². The molecular formula is C2H2N3OS+. The number of nitroso groups, excluding NO2 is 1. The van der Waals surface area contributed by atoms with E-state index in [1.54, 1.807) is 0 Å². The van der Waals surface area contributed by atoms with Gasteiger partial charge in [-0.15, -0.1) is 0 Å². The van der Waals surface area contributed by atoms with Crippen LogP contribution in [0, 0.1) is 4.91 Å². The van der Waals surface area contributed by atoms with E-state index in [9.17, 15) is 4.91 Å². The molecule has 4 nitrogen and oxygen atoms in total. The largest absolute Gasteiger partial charge is 0.291 e. The Bertz CT molecular complexity index is 135. The first kappa shape index (κ1) is 4.45. The van der Waals surface area contributed by atoms with Crippen LogP contribution in [0.25, 0.3) is 0 Å². The van der Waals surface area contributed by atoms with Gasteiger partial charge in [0.1, 0.15) is 0 Å². The van der Waals surface area contributed by atoms with Crippen LogP contribution in [0.3, 0.4) is 0 Å². The fourth-order valence-electron chi connectivity index (χ4n) is 0.279. The summed E-state index contributed by atoms with van der Waals surface area (Å²) < 4.78 is 0. The molecule has 0 saturated heterocycles. The summed E-state index contributed by atoms with van der Waals surface area (Å²) in [5, 5.41) is 6.37. The first-order valence-electron chi connectivity index (χ1n) is 1.68. The van der Waals surface area contributed by atoms with E-state index in [0.29, 0.717) is 9.86 Å². The summed E-state index contributed by atoms with van der Waals surface area (Å²) in [5.41, 5.74) is 0. The van der Waals surface area contributed by atoms with Gasteiger partial charge in [0.2, 0.25) is 6.54 Å². The van der Waals surface area contributed by atoms with E-state index in [1.807, 2.05) is 0 Å². The minimum atomic E-state index is 0.148. The lowest BCUT2D eigenvalue weighted by Gasteiger charge is -1.62. The van der Waals surface area contributed by atoms with Crippen LogP contribution in [-0.2, 0) is 0 Å². The molecule has 0 aromatic heterocycles. The summed E-state index contributed by atoms with van der Waals surface area (Å²) in [5.74, 6) is 0. The fourth-order valence-corrected chi connectivity index (χ4v) is 0.426. The van der Waals surface area contributed by atoms with E-state index in [4.69, 9.17) is 0 Å². The Morgan fingerprint density at radius 2 is 2.57 bits per heavy atom. The van der Waals surface area contributed by atoms with Gasteiger partial charge in [0.05, 0.1) is 9.98 Å². The van der Waals surface area contributed by atoms with Gasteiger partial charge in [-0.3, -0.25) is 0 Å². The second kappa shape index (κ2) is 1.42. The van der Waals surface area contributed by atoms with E-state index in [2.05, 4.69) is 22.6 Å². The second-order valence-electron chi connectivity index (χ2n) is 1.09. The highest BCUT2D eigenvalue weighted by molar-refractivity contribution is 7.80. The van der Waals surface area contributed by atoms with E-state index in [-0.39, 0.29) is 6.54 Å². The predicted molar refractivity (Wildman–Crippen MR) is 25.9 cm³/mol. The summed E-state index contributed by atoms with van der Waals surface area (Å²) in [4.78, 5) is 10.8. The van der Waals surface area contributed by atoms with Crippen LogP contribution in [0.4, 0.5) is 0 Å². The van der Waals surface area contributed by atoms with E-state index in [1.165, 1.54) is 0 Å². The van der Waals surface area contributed by atoms with E-state index >= 15 is 0 Å². The molecule has 0 aromatic carbocycles. The Morgan fingerprint density at radius 3 is 2.71 bits per heavy atom. The van der Waals surface area contributed by atoms with E-state index in [0.717, 1.165) is 0 Å². The molecule has 5 heteroatoms. The minimum absolute atomic E-state index is 0.148. The molecule has 0 unspecified atom stereocenters. The van der Waals surface area contributed by atoms with Gasteiger partial charge in [-0.1, -0.05) is 0 Å². The Morgan fingerprint density at radius 1 is 1.86 bits per heavy atom. The third kappa shape index (κ3) is 0.833. The van der Waals surface area contributed by atoms with Crippen LogP contribution < -0.4 is 0 Å². The number of rotatable bonds is 0. The highest BCUT2D eigenvalue weighted by Crippen LogP contribution is 1.93. The zero-order chi connectivity index (χ0) is 5.28. The quantitative estimate of drug-likeness (QED) is 0.341. The zero-order valence-electron chi connectivity index (χ0n) is 3.37. The van der Waals surface area contributed by atoms with Crippen molar-refractivity contribution in [2.75, 3.05) is 6.54 Å². The number of thiocarbonyl (C=S) groups is 1. The average molecular weight is 116 g/mol. The highest BCUT2D eigenvalue weighted by atomic mass is 32.1. The van der Waals surface area contributed by atoms with Crippen LogP contribution >= 0.6 is 12.2 Å². The van der Waals surface area contributed by atoms with Gasteiger partial charge in [-0.05, 0) is 17.1 Å². The summed E-state index contributed by atoms with van der Waals surface area (Å²) in [7, 11) is 0. The van der Waals surface area contributed by atoms with Gasteiger partial charge in [0.25, 0.3) is 4.99 Å². The molecule has 0 fully saturated rings. The van der Waals surface area contributed by atoms with Crippen molar-refractivity contribution in [1.82, 2.24) is 0 Å². The van der Waals surface area contributed by atoms with Gasteiger partial charge in [0.15, 0.2) is 5.22 Å². The second-order valence-corrected chi connectivity index (χ2v) is 1.56. The van der Waals surface area contributed by atoms with Crippen molar-refractivity contribution in [3.05, 3.63) is 4.91 Å². The maximum atomic E-state index is 10.0. The molecule has 0 aliphatic carbocycles. The van der Waals surface area contributed by atoms with Crippen LogP contribution in [0.5, 0.6) is 0 Å². The molecule has 0 atom stereocenters. The van der Waals surface area contributed by atoms with Gasteiger partial charge in [-0.2, -0.15) is 0 Å². The topological polar surface area (TPSA) is 44.8 Å². The summed E-state index contributed by atoms with van der Waals surface area (Å²) in [6.07, 6.45) is 0. The molecule has 0 amide bonds. The van der Waals surface area contributed by atoms with Crippen LogP contribution in [0.2, 0.25) is 0 Å². The fraction of sp³-hybridized carbons (Fsp3) is 0.500. The standard InChI is InChI=1S/C2H2N3OS/c6-5-1-2(7)3-4-5/h1H2/q+1. The molecule has 7 heavy (non-hydrogen) atoms. The molecule has 36 valence electrons. The molecule has 1 aliphatic rings. The Balaban J connectivity index is 2.76. The molecule has 0 radical (unpaired) electrons. The monoisotopic (exact) mass is 116 g/mol. The van der Waals surface area contributed by atoms with Crippen molar-refractivity contribution in [1.29, 1.82) is 0 Å². The van der Waals surface area contributed by atoms with Crippen molar-refractivity contribution in [3.8, 4) is 0 Å². The zero-order valence-corrected chi connectivity index (χ0v) is 4.18. The Labute approximate surface area is 44.8 Å². The van der Waals surface area contributed by atoms with E-state index < -0.39 is 0 Å². The average Bonchev–Trinajstić information content (AvgIpc) is 1.87. The Kier molecular flexibility index (Phi) is 0.900.